The lowest BCUT2D eigenvalue weighted by molar-refractivity contribution is -0.120. The molecule has 106 valence electrons. The van der Waals surface area contributed by atoms with E-state index in [0.29, 0.717) is 23.1 Å². The smallest absolute Gasteiger partial charge is 0.233 e. The van der Waals surface area contributed by atoms with E-state index in [0.717, 1.165) is 4.90 Å². The van der Waals surface area contributed by atoms with Gasteiger partial charge in [0, 0.05) is 16.5 Å². The van der Waals surface area contributed by atoms with Crippen LogP contribution in [-0.4, -0.2) is 24.2 Å². The molecule has 0 aliphatic heterocycles. The summed E-state index contributed by atoms with van der Waals surface area (Å²) in [5.41, 5.74) is 5.51. The number of nitrogens with one attached hydrogen (secondary N) is 1. The third-order valence-corrected chi connectivity index (χ3v) is 4.43. The summed E-state index contributed by atoms with van der Waals surface area (Å²) in [7, 11) is 0. The molecule has 1 amide bonds. The Balaban J connectivity index is 2.56. The number of carbonyl (C=O) groups is 1. The maximum absolute atomic E-state index is 11.9. The summed E-state index contributed by atoms with van der Waals surface area (Å²) >= 11 is 13.4. The van der Waals surface area contributed by atoms with Crippen LogP contribution in [0, 0.1) is 5.92 Å². The van der Waals surface area contributed by atoms with Crippen LogP contribution >= 0.6 is 35.0 Å². The molecule has 1 aromatic carbocycles. The number of carbonyl (C=O) groups excluding carboxylic acids is 1. The van der Waals surface area contributed by atoms with Gasteiger partial charge in [0.05, 0.1) is 10.3 Å². The van der Waals surface area contributed by atoms with Crippen LogP contribution in [-0.2, 0) is 4.79 Å². The zero-order valence-electron chi connectivity index (χ0n) is 11.0. The van der Waals surface area contributed by atoms with Crippen molar-refractivity contribution in [1.82, 2.24) is 5.32 Å². The lowest BCUT2D eigenvalue weighted by atomic mass is 10.2. The van der Waals surface area contributed by atoms with Crippen LogP contribution in [0.15, 0.2) is 23.1 Å². The van der Waals surface area contributed by atoms with Crippen molar-refractivity contribution in [2.24, 2.45) is 11.7 Å². The second-order valence-corrected chi connectivity index (χ2v) is 6.65. The molecule has 2 atom stereocenters. The van der Waals surface area contributed by atoms with E-state index in [-0.39, 0.29) is 17.1 Å². The summed E-state index contributed by atoms with van der Waals surface area (Å²) in [6.45, 7) is 4.97. The summed E-state index contributed by atoms with van der Waals surface area (Å²) in [6.07, 6.45) is 0. The van der Waals surface area contributed by atoms with Gasteiger partial charge in [-0.25, -0.2) is 0 Å². The molecule has 0 spiro atoms. The molecule has 0 radical (unpaired) electrons. The molecule has 1 rings (SSSR count). The molecular weight excluding hydrogens is 303 g/mol. The number of nitrogens with two attached hydrogens (primary N) is 1. The normalized spacial score (nSPS) is 13.9. The minimum Gasteiger partial charge on any atom is -0.355 e. The van der Waals surface area contributed by atoms with Crippen LogP contribution in [0.5, 0.6) is 0 Å². The highest BCUT2D eigenvalue weighted by molar-refractivity contribution is 8.00. The Morgan fingerprint density at radius 2 is 2.11 bits per heavy atom. The van der Waals surface area contributed by atoms with Crippen molar-refractivity contribution in [3.63, 3.8) is 0 Å². The van der Waals surface area contributed by atoms with Crippen LogP contribution in [0.4, 0.5) is 0 Å². The lowest BCUT2D eigenvalue weighted by Crippen LogP contribution is -2.35. The number of amides is 1. The van der Waals surface area contributed by atoms with Crippen molar-refractivity contribution in [2.45, 2.75) is 24.0 Å². The van der Waals surface area contributed by atoms with Crippen molar-refractivity contribution in [1.29, 1.82) is 0 Å². The van der Waals surface area contributed by atoms with Crippen LogP contribution in [0.1, 0.15) is 13.8 Å². The highest BCUT2D eigenvalue weighted by Crippen LogP contribution is 2.32. The molecule has 3 nitrogen and oxygen atoms in total. The van der Waals surface area contributed by atoms with E-state index in [9.17, 15) is 4.79 Å². The maximum atomic E-state index is 11.9. The van der Waals surface area contributed by atoms with Crippen molar-refractivity contribution in [3.05, 3.63) is 28.2 Å². The minimum atomic E-state index is -0.235. The van der Waals surface area contributed by atoms with Gasteiger partial charge in [-0.1, -0.05) is 30.1 Å². The Labute approximate surface area is 128 Å². The molecule has 19 heavy (non-hydrogen) atoms. The van der Waals surface area contributed by atoms with Crippen LogP contribution in [0.3, 0.4) is 0 Å². The Morgan fingerprint density at radius 3 is 2.74 bits per heavy atom. The van der Waals surface area contributed by atoms with Crippen LogP contribution < -0.4 is 11.1 Å². The van der Waals surface area contributed by atoms with Gasteiger partial charge in [-0.05, 0) is 37.6 Å². The van der Waals surface area contributed by atoms with Gasteiger partial charge in [0.25, 0.3) is 0 Å². The average molecular weight is 321 g/mol. The SMILES string of the molecule is CC(CN)CNC(=O)C(C)Sc1cc(Cl)ccc1Cl. The molecule has 6 heteroatoms. The summed E-state index contributed by atoms with van der Waals surface area (Å²) in [5, 5.41) is 3.85. The molecule has 0 aliphatic carbocycles. The number of hydrogen-bond acceptors (Lipinski definition) is 3. The largest absolute Gasteiger partial charge is 0.355 e. The maximum Gasteiger partial charge on any atom is 0.233 e. The first kappa shape index (κ1) is 16.6. The fourth-order valence-electron chi connectivity index (χ4n) is 1.31. The van der Waals surface area contributed by atoms with Crippen molar-refractivity contribution >= 4 is 40.9 Å². The van der Waals surface area contributed by atoms with Gasteiger partial charge < -0.3 is 11.1 Å². The number of hydrogen-bond donors (Lipinski definition) is 2. The first-order valence-electron chi connectivity index (χ1n) is 6.03. The van der Waals surface area contributed by atoms with Gasteiger partial charge in [0.1, 0.15) is 0 Å². The molecule has 2 unspecified atom stereocenters. The standard InChI is InChI=1S/C13H18Cl2N2OS/c1-8(6-16)7-17-13(18)9(2)19-12-5-10(14)3-4-11(12)15/h3-5,8-9H,6-7,16H2,1-2H3,(H,17,18). The zero-order valence-corrected chi connectivity index (χ0v) is 13.3. The van der Waals surface area contributed by atoms with E-state index in [4.69, 9.17) is 28.9 Å². The summed E-state index contributed by atoms with van der Waals surface area (Å²) < 4.78 is 0. The second kappa shape index (κ2) is 8.00. The Bertz CT molecular complexity index is 443. The van der Waals surface area contributed by atoms with E-state index in [2.05, 4.69) is 5.32 Å². The average Bonchev–Trinajstić information content (AvgIpc) is 2.39. The highest BCUT2D eigenvalue weighted by Gasteiger charge is 2.16. The van der Waals surface area contributed by atoms with Gasteiger partial charge in [-0.2, -0.15) is 0 Å². The van der Waals surface area contributed by atoms with Gasteiger partial charge in [-0.3, -0.25) is 4.79 Å². The third kappa shape index (κ3) is 5.61. The van der Waals surface area contributed by atoms with Crippen molar-refractivity contribution in [3.8, 4) is 0 Å². The molecule has 0 saturated heterocycles. The van der Waals surface area contributed by atoms with E-state index in [1.54, 1.807) is 18.2 Å². The Morgan fingerprint density at radius 1 is 1.42 bits per heavy atom. The molecule has 3 N–H and O–H groups in total. The molecular formula is C13H18Cl2N2OS. The molecule has 1 aromatic rings. The van der Waals surface area contributed by atoms with E-state index >= 15 is 0 Å². The van der Waals surface area contributed by atoms with Crippen LogP contribution in [0.2, 0.25) is 10.0 Å². The first-order chi connectivity index (χ1) is 8.93. The molecule has 0 heterocycles. The quantitative estimate of drug-likeness (QED) is 0.791. The highest BCUT2D eigenvalue weighted by atomic mass is 35.5. The predicted octanol–water partition coefficient (Wildman–Crippen LogP) is 3.19. The molecule has 0 saturated carbocycles. The molecule has 0 aliphatic rings. The second-order valence-electron chi connectivity index (χ2n) is 4.42. The van der Waals surface area contributed by atoms with Crippen molar-refractivity contribution < 1.29 is 4.79 Å². The minimum absolute atomic E-state index is 0.0265. The summed E-state index contributed by atoms with van der Waals surface area (Å²) in [4.78, 5) is 12.7. The molecule has 0 bridgehead atoms. The van der Waals surface area contributed by atoms with Crippen LogP contribution in [0.25, 0.3) is 0 Å². The van der Waals surface area contributed by atoms with Gasteiger partial charge >= 0.3 is 0 Å². The van der Waals surface area contributed by atoms with Gasteiger partial charge in [0.2, 0.25) is 5.91 Å². The zero-order chi connectivity index (χ0) is 14.4. The number of thioether (sulfide) groups is 1. The molecule has 0 fully saturated rings. The van der Waals surface area contributed by atoms with E-state index in [1.807, 2.05) is 13.8 Å². The first-order valence-corrected chi connectivity index (χ1v) is 7.67. The van der Waals surface area contributed by atoms with E-state index < -0.39 is 0 Å². The van der Waals surface area contributed by atoms with Crippen molar-refractivity contribution in [2.75, 3.05) is 13.1 Å². The van der Waals surface area contributed by atoms with Gasteiger partial charge in [0.15, 0.2) is 0 Å². The Kier molecular flexibility index (Phi) is 7.00. The number of benzene rings is 1. The fourth-order valence-corrected chi connectivity index (χ4v) is 2.75. The summed E-state index contributed by atoms with van der Waals surface area (Å²) in [6, 6.07) is 5.22. The monoisotopic (exact) mass is 320 g/mol. The predicted molar refractivity (Wildman–Crippen MR) is 83.0 cm³/mol. The molecule has 0 aromatic heterocycles. The van der Waals surface area contributed by atoms with E-state index in [1.165, 1.54) is 11.8 Å². The van der Waals surface area contributed by atoms with Gasteiger partial charge in [-0.15, -0.1) is 11.8 Å². The Hall–Kier alpha value is -0.420. The topological polar surface area (TPSA) is 55.1 Å². The summed E-state index contributed by atoms with van der Waals surface area (Å²) in [5.74, 6) is 0.247. The number of rotatable bonds is 6. The fraction of sp³-hybridized carbons (Fsp3) is 0.462. The lowest BCUT2D eigenvalue weighted by Gasteiger charge is -2.15. The number of halogens is 2. The third-order valence-electron chi connectivity index (χ3n) is 2.59.